The second-order valence-electron chi connectivity index (χ2n) is 13.9. The zero-order valence-corrected chi connectivity index (χ0v) is 28.4. The Morgan fingerprint density at radius 3 is 2.04 bits per heavy atom. The van der Waals surface area contributed by atoms with Crippen molar-refractivity contribution in [2.75, 3.05) is 9.80 Å². The molecule has 244 valence electrons. The molecule has 1 fully saturated rings. The third kappa shape index (κ3) is 5.05. The summed E-state index contributed by atoms with van der Waals surface area (Å²) in [5.74, 6) is 1.27. The summed E-state index contributed by atoms with van der Waals surface area (Å²) in [5, 5.41) is 0. The predicted molar refractivity (Wildman–Crippen MR) is 211 cm³/mol. The van der Waals surface area contributed by atoms with Gasteiger partial charge in [0.1, 0.15) is 0 Å². The zero-order valence-electron chi connectivity index (χ0n) is 28.4. The van der Waals surface area contributed by atoms with Crippen molar-refractivity contribution in [1.82, 2.24) is 15.0 Å². The molecule has 0 unspecified atom stereocenters. The number of pyridine rings is 1. The molecular formula is C45H36BN5. The highest BCUT2D eigenvalue weighted by Crippen LogP contribution is 2.47. The lowest BCUT2D eigenvalue weighted by Crippen LogP contribution is -2.61. The van der Waals surface area contributed by atoms with E-state index >= 15 is 0 Å². The van der Waals surface area contributed by atoms with Gasteiger partial charge in [0.05, 0.1) is 0 Å². The van der Waals surface area contributed by atoms with Gasteiger partial charge in [-0.1, -0.05) is 86.0 Å². The van der Waals surface area contributed by atoms with Gasteiger partial charge in [-0.3, -0.25) is 4.98 Å². The fourth-order valence-corrected chi connectivity index (χ4v) is 8.72. The van der Waals surface area contributed by atoms with Crippen LogP contribution in [0.4, 0.5) is 34.1 Å². The molecule has 2 aromatic heterocycles. The van der Waals surface area contributed by atoms with Crippen molar-refractivity contribution in [3.8, 4) is 22.5 Å². The Morgan fingerprint density at radius 2 is 1.24 bits per heavy atom. The summed E-state index contributed by atoms with van der Waals surface area (Å²) in [5.41, 5.74) is 15.9. The molecule has 1 aliphatic carbocycles. The van der Waals surface area contributed by atoms with E-state index in [0.29, 0.717) is 5.92 Å². The average Bonchev–Trinajstić information content (AvgIpc) is 3.21. The van der Waals surface area contributed by atoms with Gasteiger partial charge in [-0.05, 0) is 113 Å². The second-order valence-corrected chi connectivity index (χ2v) is 13.9. The van der Waals surface area contributed by atoms with Gasteiger partial charge in [0.25, 0.3) is 6.71 Å². The predicted octanol–water partition coefficient (Wildman–Crippen LogP) is 9.34. The first kappa shape index (κ1) is 29.9. The highest BCUT2D eigenvalue weighted by Gasteiger charge is 2.44. The van der Waals surface area contributed by atoms with Crippen LogP contribution in [-0.4, -0.2) is 21.7 Å². The molecule has 1 saturated carbocycles. The van der Waals surface area contributed by atoms with E-state index in [1.165, 1.54) is 88.1 Å². The lowest BCUT2D eigenvalue weighted by atomic mass is 9.33. The van der Waals surface area contributed by atoms with E-state index in [1.807, 2.05) is 36.9 Å². The smallest absolute Gasteiger partial charge is 0.252 e. The summed E-state index contributed by atoms with van der Waals surface area (Å²) >= 11 is 0. The minimum absolute atomic E-state index is 0.0510. The molecule has 0 spiro atoms. The molecule has 6 heteroatoms. The van der Waals surface area contributed by atoms with Crippen LogP contribution in [-0.2, 0) is 0 Å². The lowest BCUT2D eigenvalue weighted by Gasteiger charge is -2.45. The standard InChI is InChI=1S/C45H36BN5/c1-3-12-31(13-4-1)35-28-42-44-43(29-35)51(37-18-9-14-33(26-37)45-48-24-11-25-49-45)40-20-8-7-19-38(40)46(44)39-27-32(34-15-10-23-47-30-34)21-22-41(39)50(42)36-16-5-2-6-17-36/h2,5-11,14-31H,1,3-4,12-13H2. The third-order valence-electron chi connectivity index (χ3n) is 11.0. The van der Waals surface area contributed by atoms with Crippen LogP contribution in [0, 0.1) is 0 Å². The topological polar surface area (TPSA) is 45.2 Å². The largest absolute Gasteiger partial charge is 0.311 e. The molecule has 0 radical (unpaired) electrons. The molecule has 4 heterocycles. The molecule has 0 amide bonds. The summed E-state index contributed by atoms with van der Waals surface area (Å²) in [4.78, 5) is 18.7. The van der Waals surface area contributed by atoms with Crippen LogP contribution >= 0.6 is 0 Å². The van der Waals surface area contributed by atoms with Gasteiger partial charge in [-0.2, -0.15) is 0 Å². The van der Waals surface area contributed by atoms with Gasteiger partial charge in [-0.15, -0.1) is 0 Å². The Kier molecular flexibility index (Phi) is 7.26. The molecule has 0 saturated heterocycles. The van der Waals surface area contributed by atoms with Crippen molar-refractivity contribution in [3.63, 3.8) is 0 Å². The third-order valence-corrected chi connectivity index (χ3v) is 11.0. The Hall–Kier alpha value is -6.01. The number of benzene rings is 5. The van der Waals surface area contributed by atoms with Crippen molar-refractivity contribution >= 4 is 57.2 Å². The molecule has 10 rings (SSSR count). The van der Waals surface area contributed by atoms with Crippen LogP contribution in [0.5, 0.6) is 0 Å². The van der Waals surface area contributed by atoms with E-state index in [-0.39, 0.29) is 6.71 Å². The van der Waals surface area contributed by atoms with Crippen LogP contribution in [0.1, 0.15) is 43.6 Å². The van der Waals surface area contributed by atoms with Gasteiger partial charge >= 0.3 is 0 Å². The molecule has 5 nitrogen and oxygen atoms in total. The number of anilines is 6. The molecular weight excluding hydrogens is 621 g/mol. The van der Waals surface area contributed by atoms with Crippen LogP contribution in [0.3, 0.4) is 0 Å². The molecule has 7 aromatic rings. The fourth-order valence-electron chi connectivity index (χ4n) is 8.72. The average molecular weight is 658 g/mol. The number of rotatable bonds is 5. The first-order chi connectivity index (χ1) is 25.3. The second kappa shape index (κ2) is 12.4. The first-order valence-electron chi connectivity index (χ1n) is 18.2. The zero-order chi connectivity index (χ0) is 33.7. The van der Waals surface area contributed by atoms with E-state index in [9.17, 15) is 0 Å². The molecule has 2 aliphatic heterocycles. The minimum atomic E-state index is 0.0510. The highest BCUT2D eigenvalue weighted by molar-refractivity contribution is 7.00. The molecule has 0 N–H and O–H groups in total. The molecule has 0 atom stereocenters. The van der Waals surface area contributed by atoms with Gasteiger partial charge in [-0.25, -0.2) is 9.97 Å². The van der Waals surface area contributed by atoms with Crippen LogP contribution in [0.25, 0.3) is 22.5 Å². The highest BCUT2D eigenvalue weighted by atomic mass is 15.2. The van der Waals surface area contributed by atoms with Crippen molar-refractivity contribution < 1.29 is 0 Å². The first-order valence-corrected chi connectivity index (χ1v) is 18.2. The lowest BCUT2D eigenvalue weighted by molar-refractivity contribution is 0.444. The number of para-hydroxylation sites is 2. The Bertz CT molecular complexity index is 2370. The van der Waals surface area contributed by atoms with Crippen molar-refractivity contribution in [2.45, 2.75) is 38.0 Å². The van der Waals surface area contributed by atoms with E-state index in [0.717, 1.165) is 22.6 Å². The summed E-state index contributed by atoms with van der Waals surface area (Å²) in [6.07, 6.45) is 13.8. The minimum Gasteiger partial charge on any atom is -0.311 e. The SMILES string of the molecule is c1ccc(N2c3ccc(-c4cccnc4)cc3B3c4ccccc4N(c4cccc(-c5ncccn5)c4)c4cc(C5CCCCC5)cc2c43)cc1. The van der Waals surface area contributed by atoms with Crippen LogP contribution in [0.15, 0.2) is 152 Å². The van der Waals surface area contributed by atoms with E-state index < -0.39 is 0 Å². The van der Waals surface area contributed by atoms with Crippen LogP contribution in [0.2, 0.25) is 0 Å². The van der Waals surface area contributed by atoms with E-state index in [2.05, 4.69) is 140 Å². The monoisotopic (exact) mass is 657 g/mol. The molecule has 0 bridgehead atoms. The van der Waals surface area contributed by atoms with Gasteiger partial charge in [0.2, 0.25) is 0 Å². The van der Waals surface area contributed by atoms with Gasteiger partial charge < -0.3 is 9.80 Å². The van der Waals surface area contributed by atoms with E-state index in [1.54, 1.807) is 0 Å². The van der Waals surface area contributed by atoms with Gasteiger partial charge in [0, 0.05) is 64.5 Å². The van der Waals surface area contributed by atoms with Crippen LogP contribution < -0.4 is 26.2 Å². The summed E-state index contributed by atoms with van der Waals surface area (Å²) < 4.78 is 0. The number of aromatic nitrogens is 3. The number of hydrogen-bond donors (Lipinski definition) is 0. The quantitative estimate of drug-likeness (QED) is 0.173. The fraction of sp³-hybridized carbons (Fsp3) is 0.133. The Morgan fingerprint density at radius 1 is 0.510 bits per heavy atom. The normalized spacial score (nSPS) is 14.9. The summed E-state index contributed by atoms with van der Waals surface area (Å²) in [7, 11) is 0. The van der Waals surface area contributed by atoms with Crippen molar-refractivity contribution in [1.29, 1.82) is 0 Å². The Labute approximate surface area is 299 Å². The maximum Gasteiger partial charge on any atom is 0.252 e. The molecule has 5 aromatic carbocycles. The Balaban J connectivity index is 1.27. The van der Waals surface area contributed by atoms with E-state index in [4.69, 9.17) is 0 Å². The molecule has 3 aliphatic rings. The summed E-state index contributed by atoms with van der Waals surface area (Å²) in [6.45, 7) is 0.0510. The van der Waals surface area contributed by atoms with Crippen molar-refractivity contribution in [2.24, 2.45) is 0 Å². The van der Waals surface area contributed by atoms with Gasteiger partial charge in [0.15, 0.2) is 5.82 Å². The van der Waals surface area contributed by atoms with Crippen molar-refractivity contribution in [3.05, 3.63) is 158 Å². The summed E-state index contributed by atoms with van der Waals surface area (Å²) in [6, 6.07) is 46.8. The molecule has 51 heavy (non-hydrogen) atoms. The number of hydrogen-bond acceptors (Lipinski definition) is 5. The number of nitrogens with zero attached hydrogens (tertiary/aromatic N) is 5. The maximum absolute atomic E-state index is 4.61. The maximum atomic E-state index is 4.61. The number of fused-ring (bicyclic) bond motifs is 4.